The molecule has 3 aromatic rings. The summed E-state index contributed by atoms with van der Waals surface area (Å²) in [6.07, 6.45) is 0. The van der Waals surface area contributed by atoms with Gasteiger partial charge < -0.3 is 5.73 Å². The Bertz CT molecular complexity index is 849. The molecule has 0 heterocycles. The van der Waals surface area contributed by atoms with Gasteiger partial charge in [-0.15, -0.1) is 0 Å². The summed E-state index contributed by atoms with van der Waals surface area (Å²) in [7, 11) is 0. The first-order valence-corrected chi connectivity index (χ1v) is 6.97. The normalized spacial score (nSPS) is 10.8. The van der Waals surface area contributed by atoms with Crippen molar-refractivity contribution in [2.45, 2.75) is 13.8 Å². The molecule has 2 N–H and O–H groups in total. The maximum Gasteiger partial charge on any atom is 0.194 e. The monoisotopic (exact) mass is 275 g/mol. The lowest BCUT2D eigenvalue weighted by Crippen LogP contribution is -2.07. The number of ketones is 1. The van der Waals surface area contributed by atoms with Gasteiger partial charge in [-0.1, -0.05) is 42.5 Å². The van der Waals surface area contributed by atoms with Crippen LogP contribution in [0.25, 0.3) is 10.8 Å². The first kappa shape index (κ1) is 13.4. The van der Waals surface area contributed by atoms with Crippen molar-refractivity contribution in [1.29, 1.82) is 0 Å². The minimum absolute atomic E-state index is 0.0362. The van der Waals surface area contributed by atoms with Crippen LogP contribution >= 0.6 is 0 Å². The van der Waals surface area contributed by atoms with E-state index in [1.54, 1.807) is 6.07 Å². The lowest BCUT2D eigenvalue weighted by molar-refractivity contribution is 0.103. The van der Waals surface area contributed by atoms with Crippen LogP contribution in [0.3, 0.4) is 0 Å². The molecule has 0 aliphatic heterocycles. The Hall–Kier alpha value is -2.61. The van der Waals surface area contributed by atoms with E-state index in [0.29, 0.717) is 11.3 Å². The van der Waals surface area contributed by atoms with Crippen molar-refractivity contribution >= 4 is 22.2 Å². The number of hydrogen-bond donors (Lipinski definition) is 1. The molecule has 0 aliphatic carbocycles. The van der Waals surface area contributed by atoms with Crippen LogP contribution in [0.2, 0.25) is 0 Å². The Morgan fingerprint density at radius 1 is 0.905 bits per heavy atom. The standard InChI is InChI=1S/C19H17NO/c1-12-8-10-15(20)11-17(12)19(21)18-13(2)7-9-14-5-3-4-6-16(14)18/h3-11H,20H2,1-2H3. The fraction of sp³-hybridized carbons (Fsp3) is 0.105. The topological polar surface area (TPSA) is 43.1 Å². The number of hydrogen-bond acceptors (Lipinski definition) is 2. The Kier molecular flexibility index (Phi) is 3.22. The Morgan fingerprint density at radius 2 is 1.62 bits per heavy atom. The number of nitrogen functional groups attached to an aromatic ring is 1. The fourth-order valence-corrected chi connectivity index (χ4v) is 2.70. The highest BCUT2D eigenvalue weighted by Crippen LogP contribution is 2.26. The maximum atomic E-state index is 13.0. The molecule has 0 radical (unpaired) electrons. The lowest BCUT2D eigenvalue weighted by atomic mass is 9.91. The molecule has 3 aromatic carbocycles. The molecule has 2 heteroatoms. The van der Waals surface area contributed by atoms with Crippen molar-refractivity contribution in [2.75, 3.05) is 5.73 Å². The van der Waals surface area contributed by atoms with Crippen LogP contribution in [0.4, 0.5) is 5.69 Å². The first-order valence-electron chi connectivity index (χ1n) is 6.97. The molecular formula is C19H17NO. The summed E-state index contributed by atoms with van der Waals surface area (Å²) in [6, 6.07) is 17.5. The number of benzene rings is 3. The summed E-state index contributed by atoms with van der Waals surface area (Å²) < 4.78 is 0. The molecular weight excluding hydrogens is 258 g/mol. The van der Waals surface area contributed by atoms with Gasteiger partial charge in [-0.05, 0) is 47.9 Å². The van der Waals surface area contributed by atoms with Crippen molar-refractivity contribution < 1.29 is 4.79 Å². The van der Waals surface area contributed by atoms with Gasteiger partial charge in [-0.3, -0.25) is 4.79 Å². The van der Waals surface area contributed by atoms with Crippen LogP contribution in [0.1, 0.15) is 27.0 Å². The largest absolute Gasteiger partial charge is 0.399 e. The lowest BCUT2D eigenvalue weighted by Gasteiger charge is -2.12. The third-order valence-electron chi connectivity index (χ3n) is 3.87. The van der Waals surface area contributed by atoms with Gasteiger partial charge >= 0.3 is 0 Å². The minimum atomic E-state index is 0.0362. The van der Waals surface area contributed by atoms with E-state index in [9.17, 15) is 4.79 Å². The van der Waals surface area contributed by atoms with Crippen molar-refractivity contribution in [3.8, 4) is 0 Å². The number of carbonyl (C=O) groups excluding carboxylic acids is 1. The second-order valence-corrected chi connectivity index (χ2v) is 5.38. The van der Waals surface area contributed by atoms with E-state index in [1.165, 1.54) is 0 Å². The molecule has 0 saturated carbocycles. The van der Waals surface area contributed by atoms with E-state index < -0.39 is 0 Å². The average molecular weight is 275 g/mol. The van der Waals surface area contributed by atoms with Gasteiger partial charge in [0.1, 0.15) is 0 Å². The van der Waals surface area contributed by atoms with Crippen molar-refractivity contribution in [2.24, 2.45) is 0 Å². The van der Waals surface area contributed by atoms with Crippen LogP contribution in [0.15, 0.2) is 54.6 Å². The van der Waals surface area contributed by atoms with E-state index in [1.807, 2.05) is 62.4 Å². The average Bonchev–Trinajstić information content (AvgIpc) is 2.49. The number of nitrogens with two attached hydrogens (primary N) is 1. The summed E-state index contributed by atoms with van der Waals surface area (Å²) in [4.78, 5) is 13.0. The Balaban J connectivity index is 2.27. The molecule has 2 nitrogen and oxygen atoms in total. The van der Waals surface area contributed by atoms with Crippen molar-refractivity contribution in [3.05, 3.63) is 76.9 Å². The molecule has 21 heavy (non-hydrogen) atoms. The van der Waals surface area contributed by atoms with Crippen LogP contribution in [-0.4, -0.2) is 5.78 Å². The predicted molar refractivity (Wildman–Crippen MR) is 87.7 cm³/mol. The molecule has 0 aromatic heterocycles. The number of rotatable bonds is 2. The van der Waals surface area contributed by atoms with Gasteiger partial charge in [0.05, 0.1) is 0 Å². The molecule has 3 rings (SSSR count). The van der Waals surface area contributed by atoms with Crippen LogP contribution in [0.5, 0.6) is 0 Å². The van der Waals surface area contributed by atoms with Crippen molar-refractivity contribution in [3.63, 3.8) is 0 Å². The highest BCUT2D eigenvalue weighted by Gasteiger charge is 2.17. The molecule has 0 saturated heterocycles. The van der Waals surface area contributed by atoms with E-state index in [-0.39, 0.29) is 5.78 Å². The molecule has 0 spiro atoms. The summed E-state index contributed by atoms with van der Waals surface area (Å²) in [5.41, 5.74) is 9.83. The van der Waals surface area contributed by atoms with Gasteiger partial charge in [0, 0.05) is 16.8 Å². The van der Waals surface area contributed by atoms with Gasteiger partial charge in [0.2, 0.25) is 0 Å². The van der Waals surface area contributed by atoms with E-state index >= 15 is 0 Å². The fourth-order valence-electron chi connectivity index (χ4n) is 2.70. The van der Waals surface area contributed by atoms with E-state index in [0.717, 1.165) is 27.5 Å². The summed E-state index contributed by atoms with van der Waals surface area (Å²) in [5, 5.41) is 2.07. The van der Waals surface area contributed by atoms with Crippen LogP contribution < -0.4 is 5.73 Å². The third-order valence-corrected chi connectivity index (χ3v) is 3.87. The maximum absolute atomic E-state index is 13.0. The zero-order chi connectivity index (χ0) is 15.0. The molecule has 0 aliphatic rings. The number of carbonyl (C=O) groups is 1. The van der Waals surface area contributed by atoms with Gasteiger partial charge in [0.25, 0.3) is 0 Å². The number of fused-ring (bicyclic) bond motifs is 1. The van der Waals surface area contributed by atoms with Crippen LogP contribution in [0, 0.1) is 13.8 Å². The molecule has 0 atom stereocenters. The third kappa shape index (κ3) is 2.29. The SMILES string of the molecule is Cc1ccc(N)cc1C(=O)c1c(C)ccc2ccccc12. The van der Waals surface area contributed by atoms with Crippen LogP contribution in [-0.2, 0) is 0 Å². The molecule has 0 amide bonds. The summed E-state index contributed by atoms with van der Waals surface area (Å²) >= 11 is 0. The van der Waals surface area contributed by atoms with E-state index in [2.05, 4.69) is 0 Å². The summed E-state index contributed by atoms with van der Waals surface area (Å²) in [5.74, 6) is 0.0362. The summed E-state index contributed by atoms with van der Waals surface area (Å²) in [6.45, 7) is 3.91. The Morgan fingerprint density at radius 3 is 2.43 bits per heavy atom. The highest BCUT2D eigenvalue weighted by molar-refractivity contribution is 6.18. The number of aryl methyl sites for hydroxylation is 2. The van der Waals surface area contributed by atoms with Gasteiger partial charge in [-0.2, -0.15) is 0 Å². The predicted octanol–water partition coefficient (Wildman–Crippen LogP) is 4.27. The number of anilines is 1. The molecule has 0 fully saturated rings. The van der Waals surface area contributed by atoms with Gasteiger partial charge in [-0.25, -0.2) is 0 Å². The zero-order valence-corrected chi connectivity index (χ0v) is 12.2. The van der Waals surface area contributed by atoms with Crippen molar-refractivity contribution in [1.82, 2.24) is 0 Å². The molecule has 0 unspecified atom stereocenters. The first-order chi connectivity index (χ1) is 10.1. The minimum Gasteiger partial charge on any atom is -0.399 e. The van der Waals surface area contributed by atoms with E-state index in [4.69, 9.17) is 5.73 Å². The Labute approximate surface area is 124 Å². The second kappa shape index (κ2) is 5.06. The molecule has 0 bridgehead atoms. The zero-order valence-electron chi connectivity index (χ0n) is 12.2. The smallest absolute Gasteiger partial charge is 0.194 e. The quantitative estimate of drug-likeness (QED) is 0.560. The highest BCUT2D eigenvalue weighted by atomic mass is 16.1. The molecule has 104 valence electrons. The van der Waals surface area contributed by atoms with Gasteiger partial charge in [0.15, 0.2) is 5.78 Å². The second-order valence-electron chi connectivity index (χ2n) is 5.38.